The van der Waals surface area contributed by atoms with Crippen LogP contribution in [0.4, 0.5) is 9.18 Å². The number of fused-ring (bicyclic) bond motifs is 3. The molecule has 0 spiro atoms. The highest BCUT2D eigenvalue weighted by Gasteiger charge is 2.62. The van der Waals surface area contributed by atoms with Crippen LogP contribution in [0.25, 0.3) is 22.3 Å². The van der Waals surface area contributed by atoms with Gasteiger partial charge >= 0.3 is 6.03 Å². The highest BCUT2D eigenvalue weighted by atomic mass is 32.2. The summed E-state index contributed by atoms with van der Waals surface area (Å²) in [6.45, 7) is 2.44. The number of carbonyl (C=O) groups is 3. The third-order valence-electron chi connectivity index (χ3n) is 10.6. The lowest BCUT2D eigenvalue weighted by molar-refractivity contribution is -0.131. The van der Waals surface area contributed by atoms with Gasteiger partial charge in [-0.15, -0.1) is 0 Å². The molecule has 2 saturated carbocycles. The van der Waals surface area contributed by atoms with E-state index < -0.39 is 50.6 Å². The number of rotatable bonds is 7. The van der Waals surface area contributed by atoms with Crippen molar-refractivity contribution >= 4 is 38.8 Å². The van der Waals surface area contributed by atoms with Crippen molar-refractivity contribution in [2.24, 2.45) is 5.92 Å². The largest absolute Gasteiger partial charge is 0.496 e. The molecule has 51 heavy (non-hydrogen) atoms. The molecule has 0 bridgehead atoms. The second-order valence-electron chi connectivity index (χ2n) is 14.2. The van der Waals surface area contributed by atoms with Gasteiger partial charge < -0.3 is 24.6 Å². The van der Waals surface area contributed by atoms with Crippen molar-refractivity contribution in [2.45, 2.75) is 87.6 Å². The molecular weight excluding hydrogens is 679 g/mol. The van der Waals surface area contributed by atoms with Crippen molar-refractivity contribution in [2.75, 3.05) is 27.2 Å². The number of hydrogen-bond donors (Lipinski definition) is 2. The highest BCUT2D eigenvalue weighted by molar-refractivity contribution is 7.91. The number of sulfonamides is 1. The minimum Gasteiger partial charge on any atom is -0.496 e. The van der Waals surface area contributed by atoms with Gasteiger partial charge in [0, 0.05) is 31.1 Å². The number of halogens is 1. The summed E-state index contributed by atoms with van der Waals surface area (Å²) < 4.78 is 53.6. The van der Waals surface area contributed by atoms with Gasteiger partial charge in [0.05, 0.1) is 29.8 Å². The van der Waals surface area contributed by atoms with E-state index in [0.717, 1.165) is 31.2 Å². The Kier molecular flexibility index (Phi) is 9.27. The normalized spacial score (nSPS) is 25.8. The first-order valence-corrected chi connectivity index (χ1v) is 19.1. The van der Waals surface area contributed by atoms with Gasteiger partial charge in [0.25, 0.3) is 5.91 Å². The molecule has 1 aromatic heterocycles. The summed E-state index contributed by atoms with van der Waals surface area (Å²) in [4.78, 5) is 54.3. The molecule has 2 N–H and O–H groups in total. The van der Waals surface area contributed by atoms with Crippen LogP contribution in [0.3, 0.4) is 0 Å². The predicted octanol–water partition coefficient (Wildman–Crippen LogP) is 4.07. The van der Waals surface area contributed by atoms with Gasteiger partial charge in [-0.3, -0.25) is 14.3 Å². The highest BCUT2D eigenvalue weighted by Crippen LogP contribution is 2.48. The maximum atomic E-state index is 14.2. The Hall–Kier alpha value is -4.53. The van der Waals surface area contributed by atoms with E-state index in [1.54, 1.807) is 43.3 Å². The fourth-order valence-corrected chi connectivity index (χ4v) is 8.75. The quantitative estimate of drug-likeness (QED) is 0.367. The van der Waals surface area contributed by atoms with Crippen LogP contribution in [0.1, 0.15) is 63.4 Å². The number of aryl methyl sites for hydroxylation is 1. The fraction of sp³-hybridized carbons (Fsp3) is 0.528. The Labute approximate surface area is 296 Å². The molecule has 13 nitrogen and oxygen atoms in total. The SMILES string of the molecule is COc1ccc2c(O[C@@H]3C[C@H]4C(=O)NC5(C(=O)NS(=O)(=O)C6CC6)C[C@H]5CCCCCCN(C)C(=O)N4C3)nc(-c3ccc(F)cc3)nc2c1C. The second-order valence-corrected chi connectivity index (χ2v) is 16.2. The Morgan fingerprint density at radius 2 is 1.78 bits per heavy atom. The summed E-state index contributed by atoms with van der Waals surface area (Å²) in [6, 6.07) is 8.02. The van der Waals surface area contributed by atoms with Gasteiger partial charge in [0.15, 0.2) is 5.82 Å². The molecule has 4 atom stereocenters. The standard InChI is InChI=1S/C36H43FN6O7S/c1-21-29(49-3)16-15-27-30(21)38-31(22-9-11-24(37)12-10-22)39-33(27)50-25-18-28-32(44)40-36(34(45)41-51(47,48)26-13-14-26)19-23(36)8-6-4-5-7-17-42(2)35(46)43(28)20-25/h9-12,15-16,23,25-26,28H,4-8,13-14,17-20H2,1-3H3,(H,40,44)(H,41,45)/t23-,25-,28+,36?/m1/s1. The average Bonchev–Trinajstić information content (AvgIpc) is 4.03. The molecule has 3 aromatic rings. The summed E-state index contributed by atoms with van der Waals surface area (Å²) in [5.74, 6) is -0.730. The molecule has 272 valence electrons. The number of amides is 4. The van der Waals surface area contributed by atoms with E-state index in [1.165, 1.54) is 17.0 Å². The van der Waals surface area contributed by atoms with Gasteiger partial charge in [-0.25, -0.2) is 22.6 Å². The summed E-state index contributed by atoms with van der Waals surface area (Å²) >= 11 is 0. The van der Waals surface area contributed by atoms with Crippen molar-refractivity contribution in [1.82, 2.24) is 29.8 Å². The number of ether oxygens (including phenoxy) is 2. The minimum absolute atomic E-state index is 0.0620. The Morgan fingerprint density at radius 1 is 1.04 bits per heavy atom. The molecule has 4 fully saturated rings. The molecule has 2 aliphatic heterocycles. The Balaban J connectivity index is 1.20. The van der Waals surface area contributed by atoms with Crippen molar-refractivity contribution < 1.29 is 36.7 Å². The Morgan fingerprint density at radius 3 is 2.51 bits per heavy atom. The van der Waals surface area contributed by atoms with Gasteiger partial charge in [0.2, 0.25) is 21.8 Å². The lowest BCUT2D eigenvalue weighted by Crippen LogP contribution is -2.57. The number of urea groups is 1. The maximum Gasteiger partial charge on any atom is 0.320 e. The number of nitrogens with zero attached hydrogens (tertiary/aromatic N) is 4. The van der Waals surface area contributed by atoms with Crippen LogP contribution in [0, 0.1) is 18.7 Å². The lowest BCUT2D eigenvalue weighted by atomic mass is 10.0. The number of aromatic nitrogens is 2. The molecule has 7 rings (SSSR count). The van der Waals surface area contributed by atoms with Crippen LogP contribution in [-0.4, -0.2) is 96.2 Å². The number of benzene rings is 2. The maximum absolute atomic E-state index is 14.2. The zero-order valence-electron chi connectivity index (χ0n) is 29.0. The average molecular weight is 723 g/mol. The van der Waals surface area contributed by atoms with E-state index in [1.807, 2.05) is 6.92 Å². The molecule has 3 heterocycles. The van der Waals surface area contributed by atoms with E-state index in [-0.39, 0.29) is 30.8 Å². The van der Waals surface area contributed by atoms with Crippen molar-refractivity contribution in [3.05, 3.63) is 47.8 Å². The van der Waals surface area contributed by atoms with Gasteiger partial charge in [-0.2, -0.15) is 4.98 Å². The molecule has 2 aliphatic carbocycles. The molecule has 1 unspecified atom stereocenters. The molecule has 15 heteroatoms. The summed E-state index contributed by atoms with van der Waals surface area (Å²) in [5, 5.41) is 2.93. The third kappa shape index (κ3) is 6.91. The predicted molar refractivity (Wildman–Crippen MR) is 186 cm³/mol. The number of carbonyl (C=O) groups excluding carboxylic acids is 3. The van der Waals surface area contributed by atoms with Crippen molar-refractivity contribution in [1.29, 1.82) is 0 Å². The van der Waals surface area contributed by atoms with Crippen LogP contribution in [0.5, 0.6) is 11.6 Å². The number of methoxy groups -OCH3 is 1. The van der Waals surface area contributed by atoms with E-state index in [0.29, 0.717) is 60.3 Å². The van der Waals surface area contributed by atoms with Gasteiger partial charge in [0.1, 0.15) is 29.3 Å². The molecule has 4 aliphatic rings. The fourth-order valence-electron chi connectivity index (χ4n) is 7.38. The monoisotopic (exact) mass is 722 g/mol. The zero-order chi connectivity index (χ0) is 36.1. The first kappa shape index (κ1) is 34.9. The number of hydrogen-bond acceptors (Lipinski definition) is 9. The third-order valence-corrected chi connectivity index (χ3v) is 12.4. The summed E-state index contributed by atoms with van der Waals surface area (Å²) in [7, 11) is -0.568. The smallest absolute Gasteiger partial charge is 0.320 e. The minimum atomic E-state index is -3.83. The van der Waals surface area contributed by atoms with E-state index >= 15 is 0 Å². The molecule has 2 saturated heterocycles. The van der Waals surface area contributed by atoms with Gasteiger partial charge in [-0.05, 0) is 81.3 Å². The van der Waals surface area contributed by atoms with E-state index in [4.69, 9.17) is 19.4 Å². The lowest BCUT2D eigenvalue weighted by Gasteiger charge is -2.30. The molecular formula is C36H43FN6O7S. The number of nitrogens with one attached hydrogen (secondary N) is 2. The van der Waals surface area contributed by atoms with Crippen LogP contribution in [0.2, 0.25) is 0 Å². The summed E-state index contributed by atoms with van der Waals surface area (Å²) in [6.07, 6.45) is 4.82. The first-order valence-electron chi connectivity index (χ1n) is 17.6. The van der Waals surface area contributed by atoms with Gasteiger partial charge in [-0.1, -0.05) is 19.3 Å². The van der Waals surface area contributed by atoms with Crippen molar-refractivity contribution in [3.63, 3.8) is 0 Å². The first-order chi connectivity index (χ1) is 24.4. The van der Waals surface area contributed by atoms with Crippen molar-refractivity contribution in [3.8, 4) is 23.0 Å². The van der Waals surface area contributed by atoms with Crippen LogP contribution in [0.15, 0.2) is 36.4 Å². The van der Waals surface area contributed by atoms with E-state index in [2.05, 4.69) is 10.0 Å². The Bertz CT molecular complexity index is 1970. The van der Waals surface area contributed by atoms with E-state index in [9.17, 15) is 27.2 Å². The topological polar surface area (TPSA) is 160 Å². The molecule has 4 amide bonds. The van der Waals surface area contributed by atoms with Crippen LogP contribution < -0.4 is 19.5 Å². The van der Waals surface area contributed by atoms with Crippen LogP contribution in [-0.2, 0) is 19.6 Å². The molecule has 0 radical (unpaired) electrons. The summed E-state index contributed by atoms with van der Waals surface area (Å²) in [5.41, 5.74) is 0.511. The van der Waals surface area contributed by atoms with Crippen LogP contribution >= 0.6 is 0 Å². The zero-order valence-corrected chi connectivity index (χ0v) is 29.8. The molecule has 2 aromatic carbocycles. The second kappa shape index (κ2) is 13.5.